The predicted octanol–water partition coefficient (Wildman–Crippen LogP) is 6.82. The van der Waals surface area contributed by atoms with Crippen molar-refractivity contribution in [2.24, 2.45) is 0 Å². The molecule has 0 aliphatic heterocycles. The highest BCUT2D eigenvalue weighted by atomic mass is 79.9. The Morgan fingerprint density at radius 1 is 1.21 bits per heavy atom. The van der Waals surface area contributed by atoms with Gasteiger partial charge in [0.15, 0.2) is 12.0 Å². The molecule has 148 valence electrons. The molecule has 4 rings (SSSR count). The van der Waals surface area contributed by atoms with Crippen molar-refractivity contribution in [3.8, 4) is 10.4 Å². The fourth-order valence-corrected chi connectivity index (χ4v) is 4.73. The Balaban J connectivity index is 0.000000186. The lowest BCUT2D eigenvalue weighted by atomic mass is 10.1. The van der Waals surface area contributed by atoms with Crippen LogP contribution in [0.3, 0.4) is 0 Å². The maximum Gasteiger partial charge on any atom is 0.339 e. The average molecular weight is 493 g/mol. The number of hydrogen-bond acceptors (Lipinski definition) is 5. The van der Waals surface area contributed by atoms with Gasteiger partial charge in [-0.3, -0.25) is 4.79 Å². The molecule has 29 heavy (non-hydrogen) atoms. The fourth-order valence-electron chi connectivity index (χ4n) is 2.70. The second-order valence-corrected chi connectivity index (χ2v) is 8.60. The Morgan fingerprint density at radius 2 is 1.90 bits per heavy atom. The number of anilines is 1. The maximum atomic E-state index is 11.4. The zero-order valence-corrected chi connectivity index (χ0v) is 18.3. The van der Waals surface area contributed by atoms with Crippen LogP contribution in [0, 0.1) is 0 Å². The Hall–Kier alpha value is -2.61. The van der Waals surface area contributed by atoms with Gasteiger partial charge >= 0.3 is 5.97 Å². The van der Waals surface area contributed by atoms with Gasteiger partial charge in [0, 0.05) is 17.5 Å². The van der Waals surface area contributed by atoms with E-state index in [9.17, 15) is 14.7 Å². The van der Waals surface area contributed by atoms with E-state index in [2.05, 4.69) is 21.2 Å². The van der Waals surface area contributed by atoms with Gasteiger partial charge in [-0.05, 0) is 45.8 Å². The molecule has 0 aliphatic carbocycles. The van der Waals surface area contributed by atoms with Crippen molar-refractivity contribution < 1.29 is 19.1 Å². The highest BCUT2D eigenvalue weighted by Crippen LogP contribution is 2.43. The minimum Gasteiger partial charge on any atom is -0.478 e. The number of hydrogen-bond donors (Lipinski definition) is 2. The molecule has 0 bridgehead atoms. The third-order valence-electron chi connectivity index (χ3n) is 4.00. The number of nitrogens with one attached hydrogen (secondary N) is 1. The van der Waals surface area contributed by atoms with Crippen molar-refractivity contribution in [2.75, 3.05) is 12.4 Å². The van der Waals surface area contributed by atoms with Crippen LogP contribution < -0.4 is 5.32 Å². The Morgan fingerprint density at radius 3 is 2.48 bits per heavy atom. The number of rotatable bonds is 4. The van der Waals surface area contributed by atoms with Crippen molar-refractivity contribution in [3.05, 3.63) is 74.7 Å². The zero-order valence-electron chi connectivity index (χ0n) is 15.1. The summed E-state index contributed by atoms with van der Waals surface area (Å²) in [5.41, 5.74) is 2.47. The molecule has 0 atom stereocenters. The lowest BCUT2D eigenvalue weighted by molar-refractivity contribution is 0.0699. The van der Waals surface area contributed by atoms with Crippen LogP contribution in [-0.2, 0) is 0 Å². The second-order valence-electron chi connectivity index (χ2n) is 5.82. The number of fused-ring (bicyclic) bond motifs is 1. The number of aldehydes is 1. The van der Waals surface area contributed by atoms with Gasteiger partial charge in [0.1, 0.15) is 11.1 Å². The van der Waals surface area contributed by atoms with Crippen molar-refractivity contribution in [1.82, 2.24) is 0 Å². The van der Waals surface area contributed by atoms with Crippen molar-refractivity contribution in [3.63, 3.8) is 0 Å². The molecule has 0 amide bonds. The highest BCUT2D eigenvalue weighted by molar-refractivity contribution is 9.11. The Bertz CT molecular complexity index is 1130. The summed E-state index contributed by atoms with van der Waals surface area (Å²) in [6.45, 7) is 0. The van der Waals surface area contributed by atoms with Crippen LogP contribution in [0.2, 0.25) is 5.02 Å². The van der Waals surface area contributed by atoms with E-state index in [1.165, 1.54) is 11.3 Å². The lowest BCUT2D eigenvalue weighted by Gasteiger charge is -2.03. The van der Waals surface area contributed by atoms with Crippen molar-refractivity contribution >= 4 is 67.8 Å². The van der Waals surface area contributed by atoms with Gasteiger partial charge in [0.25, 0.3) is 0 Å². The van der Waals surface area contributed by atoms with E-state index in [0.29, 0.717) is 27.6 Å². The molecule has 0 radical (unpaired) electrons. The number of para-hydroxylation sites is 1. The Kier molecular flexibility index (Phi) is 6.74. The molecule has 0 unspecified atom stereocenters. The number of carboxylic acids is 1. The largest absolute Gasteiger partial charge is 0.478 e. The first-order valence-corrected chi connectivity index (χ1v) is 10.4. The highest BCUT2D eigenvalue weighted by Gasteiger charge is 2.22. The molecular formula is C21H15BrClNO4S. The molecule has 2 aromatic heterocycles. The molecular weight excluding hydrogens is 478 g/mol. The van der Waals surface area contributed by atoms with E-state index in [0.717, 1.165) is 20.3 Å². The number of carbonyl (C=O) groups is 2. The molecule has 0 saturated carbocycles. The van der Waals surface area contributed by atoms with Gasteiger partial charge in [-0.25, -0.2) is 4.79 Å². The Labute approximate surface area is 184 Å². The van der Waals surface area contributed by atoms with Crippen LogP contribution in [0.15, 0.2) is 62.8 Å². The number of carboxylic acid groups (broad SMARTS) is 1. The third kappa shape index (κ3) is 4.70. The van der Waals surface area contributed by atoms with Gasteiger partial charge in [0.2, 0.25) is 0 Å². The quantitative estimate of drug-likeness (QED) is 0.306. The molecule has 2 heterocycles. The topological polar surface area (TPSA) is 79.5 Å². The summed E-state index contributed by atoms with van der Waals surface area (Å²) in [7, 11) is 1.70. The number of thiophene rings is 1. The van der Waals surface area contributed by atoms with E-state index in [-0.39, 0.29) is 5.56 Å². The molecule has 0 aliphatic rings. The smallest absolute Gasteiger partial charge is 0.339 e. The summed E-state index contributed by atoms with van der Waals surface area (Å²) in [4.78, 5) is 22.4. The molecule has 0 fully saturated rings. The van der Waals surface area contributed by atoms with Crippen LogP contribution >= 0.6 is 38.9 Å². The molecule has 2 aromatic carbocycles. The van der Waals surface area contributed by atoms with Gasteiger partial charge in [-0.1, -0.05) is 41.9 Å². The van der Waals surface area contributed by atoms with Gasteiger partial charge in [-0.2, -0.15) is 0 Å². The number of benzene rings is 2. The zero-order chi connectivity index (χ0) is 21.0. The maximum absolute atomic E-state index is 11.4. The van der Waals surface area contributed by atoms with Crippen LogP contribution in [0.25, 0.3) is 21.4 Å². The molecule has 0 spiro atoms. The summed E-state index contributed by atoms with van der Waals surface area (Å²) in [5.74, 6) is -0.572. The van der Waals surface area contributed by atoms with Crippen LogP contribution in [-0.4, -0.2) is 24.4 Å². The standard InChI is InChI=1S/C12H9BrClNO2S.C9H6O2/c1-15-9-8(12(16)17)10(18-11(9)13)6-2-4-7(14)5-3-6;10-6-8-5-7-3-1-2-4-9(7)11-8/h2-5,15H,1H3,(H,16,17);1-6H. The van der Waals surface area contributed by atoms with Crippen molar-refractivity contribution in [1.29, 1.82) is 0 Å². The van der Waals surface area contributed by atoms with E-state index in [1.54, 1.807) is 25.2 Å². The lowest BCUT2D eigenvalue weighted by Crippen LogP contribution is -2.01. The van der Waals surface area contributed by atoms with Crippen LogP contribution in [0.1, 0.15) is 20.9 Å². The summed E-state index contributed by atoms with van der Waals surface area (Å²) in [5, 5.41) is 13.8. The summed E-state index contributed by atoms with van der Waals surface area (Å²) < 4.78 is 5.92. The van der Waals surface area contributed by atoms with E-state index in [4.69, 9.17) is 16.0 Å². The number of furan rings is 1. The van der Waals surface area contributed by atoms with Gasteiger partial charge in [0.05, 0.1) is 14.4 Å². The molecule has 8 heteroatoms. The van der Waals surface area contributed by atoms with E-state index >= 15 is 0 Å². The molecule has 2 N–H and O–H groups in total. The van der Waals surface area contributed by atoms with Crippen LogP contribution in [0.4, 0.5) is 5.69 Å². The SMILES string of the molecule is CNc1c(Br)sc(-c2ccc(Cl)cc2)c1C(=O)O.O=Cc1cc2ccccc2o1. The monoisotopic (exact) mass is 491 g/mol. The minimum absolute atomic E-state index is 0.275. The second kappa shape index (κ2) is 9.26. The predicted molar refractivity (Wildman–Crippen MR) is 121 cm³/mol. The van der Waals surface area contributed by atoms with Crippen molar-refractivity contribution in [2.45, 2.75) is 0 Å². The fraction of sp³-hybridized carbons (Fsp3) is 0.0476. The first-order valence-electron chi connectivity index (χ1n) is 8.37. The molecule has 4 aromatic rings. The van der Waals surface area contributed by atoms with Crippen LogP contribution in [0.5, 0.6) is 0 Å². The summed E-state index contributed by atoms with van der Waals surface area (Å²) >= 11 is 10.6. The van der Waals surface area contributed by atoms with E-state index < -0.39 is 5.97 Å². The third-order valence-corrected chi connectivity index (χ3v) is 6.16. The molecule has 0 saturated heterocycles. The first-order chi connectivity index (χ1) is 13.9. The number of aromatic carboxylic acids is 1. The first kappa shape index (κ1) is 21.1. The number of halogens is 2. The van der Waals surface area contributed by atoms with Gasteiger partial charge in [-0.15, -0.1) is 11.3 Å². The summed E-state index contributed by atoms with van der Waals surface area (Å²) in [6.07, 6.45) is 0.708. The molecule has 5 nitrogen and oxygen atoms in total. The minimum atomic E-state index is -0.953. The normalized spacial score (nSPS) is 10.3. The summed E-state index contributed by atoms with van der Waals surface area (Å²) in [6, 6.07) is 16.4. The number of carbonyl (C=O) groups excluding carboxylic acids is 1. The average Bonchev–Trinajstić information content (AvgIpc) is 3.29. The van der Waals surface area contributed by atoms with E-state index in [1.807, 2.05) is 36.4 Å². The van der Waals surface area contributed by atoms with Gasteiger partial charge < -0.3 is 14.8 Å².